The number of aryl methyl sites for hydroxylation is 3. The minimum absolute atomic E-state index is 0.191. The quantitative estimate of drug-likeness (QED) is 0.107. The Morgan fingerprint density at radius 2 is 1.26 bits per heavy atom. The van der Waals surface area contributed by atoms with Gasteiger partial charge in [-0.25, -0.2) is 14.4 Å². The smallest absolute Gasteiger partial charge is 0.226 e. The van der Waals surface area contributed by atoms with Crippen molar-refractivity contribution in [2.45, 2.75) is 84.7 Å². The third kappa shape index (κ3) is 9.09. The molecule has 0 spiro atoms. The lowest BCUT2D eigenvalue weighted by atomic mass is 10.0. The number of pyridine rings is 2. The van der Waals surface area contributed by atoms with Gasteiger partial charge in [0.15, 0.2) is 11.3 Å². The molecular weight excluding hydrogens is 732 g/mol. The molecule has 14 heteroatoms. The molecule has 0 amide bonds. The maximum Gasteiger partial charge on any atom is 0.226 e. The van der Waals surface area contributed by atoms with E-state index in [0.717, 1.165) is 97.3 Å². The van der Waals surface area contributed by atoms with E-state index in [1.54, 1.807) is 13.2 Å². The lowest BCUT2D eigenvalue weighted by Crippen LogP contribution is -2.39. The Kier molecular flexibility index (Phi) is 11.6. The summed E-state index contributed by atoms with van der Waals surface area (Å²) >= 11 is 0. The number of nitrogens with two attached hydrogens (primary N) is 2. The van der Waals surface area contributed by atoms with Crippen LogP contribution >= 0.6 is 0 Å². The first-order valence-corrected chi connectivity index (χ1v) is 20.2. The van der Waals surface area contributed by atoms with Gasteiger partial charge < -0.3 is 26.8 Å². The fourth-order valence-electron chi connectivity index (χ4n) is 8.50. The normalized spacial score (nSPS) is 16.0. The van der Waals surface area contributed by atoms with Crippen molar-refractivity contribution in [3.8, 4) is 0 Å². The van der Waals surface area contributed by atoms with Crippen LogP contribution in [0.2, 0.25) is 0 Å². The molecule has 0 unspecified atom stereocenters. The molecule has 2 fully saturated rings. The zero-order chi connectivity index (χ0) is 40.3. The van der Waals surface area contributed by atoms with E-state index in [1.807, 2.05) is 45.0 Å². The molecule has 8 rings (SSSR count). The van der Waals surface area contributed by atoms with Crippen LogP contribution in [0.3, 0.4) is 0 Å². The maximum atomic E-state index is 15.6. The molecule has 302 valence electrons. The van der Waals surface area contributed by atoms with Crippen molar-refractivity contribution in [1.82, 2.24) is 39.7 Å². The standard InChI is InChI=1S/C44H53FN12O/c1-26-18-28(3)48-41-37(26)39(46)52-43(54-41)50-34-12-16-57(17-13-34)24-32-9-8-29(22-36(32)45)21-35-19-27(2)38-40(47)53-44(55-42(38)49-35)51-33-10-14-56(15-11-33)23-30-6-5-7-31(20-30)25-58-4/h5-9,18-20,22,33-34H,10-17,21,23-25H2,1-4H3,(H3,46,48,50,52,54)(H3,47,49,51,53,55). The molecule has 2 aromatic carbocycles. The van der Waals surface area contributed by atoms with E-state index >= 15 is 4.39 Å². The Balaban J connectivity index is 0.853. The minimum atomic E-state index is -0.211. The second-order valence-electron chi connectivity index (χ2n) is 16.0. The zero-order valence-corrected chi connectivity index (χ0v) is 33.9. The number of nitrogens with zero attached hydrogens (tertiary/aromatic N) is 8. The summed E-state index contributed by atoms with van der Waals surface area (Å²) in [6, 6.07) is 18.5. The molecule has 2 aliphatic heterocycles. The van der Waals surface area contributed by atoms with Crippen LogP contribution in [0.25, 0.3) is 22.1 Å². The highest BCUT2D eigenvalue weighted by Gasteiger charge is 2.23. The van der Waals surface area contributed by atoms with E-state index < -0.39 is 0 Å². The van der Waals surface area contributed by atoms with E-state index in [2.05, 4.69) is 64.6 Å². The molecule has 6 heterocycles. The zero-order valence-electron chi connectivity index (χ0n) is 33.9. The summed E-state index contributed by atoms with van der Waals surface area (Å²) in [6.07, 6.45) is 4.17. The van der Waals surface area contributed by atoms with E-state index in [0.29, 0.717) is 60.0 Å². The average Bonchev–Trinajstić information content (AvgIpc) is 3.17. The number of ether oxygens (including phenoxy) is 1. The van der Waals surface area contributed by atoms with Crippen molar-refractivity contribution in [2.75, 3.05) is 55.4 Å². The van der Waals surface area contributed by atoms with Crippen LogP contribution in [0.15, 0.2) is 54.6 Å². The van der Waals surface area contributed by atoms with E-state index in [9.17, 15) is 0 Å². The molecule has 4 aromatic heterocycles. The third-order valence-electron chi connectivity index (χ3n) is 11.4. The summed E-state index contributed by atoms with van der Waals surface area (Å²) in [5.74, 6) is 1.61. The van der Waals surface area contributed by atoms with Crippen LogP contribution in [0, 0.1) is 26.6 Å². The number of methoxy groups -OCH3 is 1. The summed E-state index contributed by atoms with van der Waals surface area (Å²) in [5, 5.41) is 8.53. The van der Waals surface area contributed by atoms with Gasteiger partial charge in [-0.05, 0) is 92.5 Å². The van der Waals surface area contributed by atoms with Crippen molar-refractivity contribution >= 4 is 45.6 Å². The van der Waals surface area contributed by atoms with Crippen molar-refractivity contribution in [2.24, 2.45) is 0 Å². The number of fused-ring (bicyclic) bond motifs is 2. The van der Waals surface area contributed by atoms with E-state index in [4.69, 9.17) is 26.2 Å². The molecule has 13 nitrogen and oxygen atoms in total. The van der Waals surface area contributed by atoms with Crippen molar-refractivity contribution in [3.63, 3.8) is 0 Å². The second-order valence-corrected chi connectivity index (χ2v) is 16.0. The summed E-state index contributed by atoms with van der Waals surface area (Å²) < 4.78 is 20.9. The summed E-state index contributed by atoms with van der Waals surface area (Å²) in [4.78, 5) is 32.8. The Morgan fingerprint density at radius 3 is 1.88 bits per heavy atom. The first kappa shape index (κ1) is 39.3. The number of hydrogen-bond acceptors (Lipinski definition) is 13. The number of likely N-dealkylation sites (tertiary alicyclic amines) is 2. The van der Waals surface area contributed by atoms with Crippen LogP contribution in [0.4, 0.5) is 27.9 Å². The van der Waals surface area contributed by atoms with Gasteiger partial charge in [0.1, 0.15) is 17.5 Å². The van der Waals surface area contributed by atoms with Gasteiger partial charge in [-0.2, -0.15) is 19.9 Å². The van der Waals surface area contributed by atoms with Crippen LogP contribution < -0.4 is 22.1 Å². The topological polar surface area (TPSA) is 169 Å². The maximum absolute atomic E-state index is 15.6. The molecule has 6 aromatic rings. The van der Waals surface area contributed by atoms with Gasteiger partial charge in [-0.15, -0.1) is 0 Å². The molecule has 0 saturated carbocycles. The Morgan fingerprint density at radius 1 is 0.672 bits per heavy atom. The number of piperidine rings is 2. The number of nitrogens with one attached hydrogen (secondary N) is 2. The lowest BCUT2D eigenvalue weighted by molar-refractivity contribution is 0.184. The third-order valence-corrected chi connectivity index (χ3v) is 11.4. The molecule has 2 aliphatic rings. The van der Waals surface area contributed by atoms with Crippen LogP contribution in [0.5, 0.6) is 0 Å². The van der Waals surface area contributed by atoms with E-state index in [1.165, 1.54) is 11.1 Å². The fraction of sp³-hybridized carbons (Fsp3) is 0.409. The van der Waals surface area contributed by atoms with Crippen LogP contribution in [-0.4, -0.2) is 85.1 Å². The number of hydrogen-bond donors (Lipinski definition) is 4. The number of rotatable bonds is 12. The van der Waals surface area contributed by atoms with Crippen molar-refractivity contribution in [1.29, 1.82) is 0 Å². The number of nitrogen functional groups attached to an aromatic ring is 2. The van der Waals surface area contributed by atoms with E-state index in [-0.39, 0.29) is 17.9 Å². The van der Waals surface area contributed by atoms with Gasteiger partial charge in [0.05, 0.1) is 17.4 Å². The van der Waals surface area contributed by atoms with Crippen molar-refractivity contribution < 1.29 is 9.13 Å². The summed E-state index contributed by atoms with van der Waals surface area (Å²) in [5.41, 5.74) is 21.6. The first-order valence-electron chi connectivity index (χ1n) is 20.2. The summed E-state index contributed by atoms with van der Waals surface area (Å²) in [6.45, 7) is 11.6. The largest absolute Gasteiger partial charge is 0.383 e. The lowest BCUT2D eigenvalue weighted by Gasteiger charge is -2.32. The molecule has 0 aliphatic carbocycles. The number of anilines is 4. The van der Waals surface area contributed by atoms with Gasteiger partial charge in [-0.3, -0.25) is 9.80 Å². The average molecular weight is 785 g/mol. The highest BCUT2D eigenvalue weighted by Crippen LogP contribution is 2.27. The fourth-order valence-corrected chi connectivity index (χ4v) is 8.50. The van der Waals surface area contributed by atoms with Gasteiger partial charge >= 0.3 is 0 Å². The van der Waals surface area contributed by atoms with Gasteiger partial charge in [0, 0.05) is 81.8 Å². The molecule has 2 saturated heterocycles. The van der Waals surface area contributed by atoms with Crippen LogP contribution in [0.1, 0.15) is 70.5 Å². The Hall–Kier alpha value is -5.57. The predicted octanol–water partition coefficient (Wildman–Crippen LogP) is 6.48. The highest BCUT2D eigenvalue weighted by molar-refractivity contribution is 5.90. The number of halogens is 1. The first-order chi connectivity index (χ1) is 28.1. The van der Waals surface area contributed by atoms with Crippen molar-refractivity contribution in [3.05, 3.63) is 105 Å². The predicted molar refractivity (Wildman–Crippen MR) is 228 cm³/mol. The molecule has 58 heavy (non-hydrogen) atoms. The number of aromatic nitrogens is 6. The molecule has 0 atom stereocenters. The van der Waals surface area contributed by atoms with Crippen LogP contribution in [-0.2, 0) is 30.9 Å². The molecular formula is C44H53FN12O. The Bertz CT molecular complexity index is 2430. The van der Waals surface area contributed by atoms with Gasteiger partial charge in [-0.1, -0.05) is 36.4 Å². The molecule has 0 radical (unpaired) electrons. The molecule has 0 bridgehead atoms. The summed E-state index contributed by atoms with van der Waals surface area (Å²) in [7, 11) is 1.72. The van der Waals surface area contributed by atoms with Gasteiger partial charge in [0.25, 0.3) is 0 Å². The monoisotopic (exact) mass is 784 g/mol. The SMILES string of the molecule is COCc1cccc(CN2CCC(Nc3nc(N)c4c(C)cc(Cc5ccc(CN6CCC(Nc7nc(N)c8c(C)cc(C)nc8n7)CC6)c(F)c5)nc4n3)CC2)c1. The number of benzene rings is 2. The molecule has 6 N–H and O–H groups in total. The minimum Gasteiger partial charge on any atom is -0.383 e. The Labute approximate surface area is 338 Å². The highest BCUT2D eigenvalue weighted by atomic mass is 19.1. The second kappa shape index (κ2) is 17.1. The van der Waals surface area contributed by atoms with Gasteiger partial charge in [0.2, 0.25) is 11.9 Å².